The van der Waals surface area contributed by atoms with Crippen molar-refractivity contribution in [3.63, 3.8) is 0 Å². The average molecular weight is 357 g/mol. The Morgan fingerprint density at radius 2 is 2.05 bits per heavy atom. The van der Waals surface area contributed by atoms with E-state index in [1.54, 1.807) is 31.2 Å². The monoisotopic (exact) mass is 356 g/mol. The molecule has 1 rings (SSSR count). The molecular formula is C14H17BrN2O4. The van der Waals surface area contributed by atoms with E-state index in [1.165, 1.54) is 12.0 Å². The summed E-state index contributed by atoms with van der Waals surface area (Å²) in [5.74, 6) is -1.19. The highest BCUT2D eigenvalue weighted by Gasteiger charge is 2.16. The molecule has 21 heavy (non-hydrogen) atoms. The SMILES string of the molecule is CCN(CC(=O)OC)C(=O)CNC(=O)c1cccc(Br)c1. The molecule has 0 fully saturated rings. The summed E-state index contributed by atoms with van der Waals surface area (Å²) in [6.45, 7) is 1.81. The number of methoxy groups -OCH3 is 1. The maximum absolute atomic E-state index is 11.9. The Bertz CT molecular complexity index is 533. The van der Waals surface area contributed by atoms with E-state index in [-0.39, 0.29) is 24.9 Å². The van der Waals surface area contributed by atoms with Crippen LogP contribution in [-0.2, 0) is 14.3 Å². The quantitative estimate of drug-likeness (QED) is 0.777. The molecule has 0 bridgehead atoms. The van der Waals surface area contributed by atoms with Crippen LogP contribution in [0.4, 0.5) is 0 Å². The summed E-state index contributed by atoms with van der Waals surface area (Å²) in [5.41, 5.74) is 0.452. The summed E-state index contributed by atoms with van der Waals surface area (Å²) >= 11 is 3.27. The van der Waals surface area contributed by atoms with E-state index < -0.39 is 5.97 Å². The van der Waals surface area contributed by atoms with Crippen molar-refractivity contribution in [3.8, 4) is 0 Å². The lowest BCUT2D eigenvalue weighted by Crippen LogP contribution is -2.42. The number of nitrogens with zero attached hydrogens (tertiary/aromatic N) is 1. The third kappa shape index (κ3) is 5.55. The number of hydrogen-bond donors (Lipinski definition) is 1. The smallest absolute Gasteiger partial charge is 0.325 e. The van der Waals surface area contributed by atoms with Crippen molar-refractivity contribution < 1.29 is 19.1 Å². The van der Waals surface area contributed by atoms with Crippen LogP contribution in [0.1, 0.15) is 17.3 Å². The third-order valence-electron chi connectivity index (χ3n) is 2.77. The van der Waals surface area contributed by atoms with Crippen molar-refractivity contribution in [2.24, 2.45) is 0 Å². The average Bonchev–Trinajstić information content (AvgIpc) is 2.49. The zero-order chi connectivity index (χ0) is 15.8. The molecule has 0 aliphatic heterocycles. The molecule has 2 amide bonds. The number of likely N-dealkylation sites (N-methyl/N-ethyl adjacent to an activating group) is 1. The van der Waals surface area contributed by atoms with Gasteiger partial charge in [-0.1, -0.05) is 22.0 Å². The highest BCUT2D eigenvalue weighted by Crippen LogP contribution is 2.11. The van der Waals surface area contributed by atoms with Crippen LogP contribution in [0.2, 0.25) is 0 Å². The number of benzene rings is 1. The summed E-state index contributed by atoms with van der Waals surface area (Å²) in [4.78, 5) is 36.3. The molecule has 0 aliphatic carbocycles. The second-order valence-electron chi connectivity index (χ2n) is 4.18. The number of amides is 2. The van der Waals surface area contributed by atoms with Gasteiger partial charge in [0.05, 0.1) is 13.7 Å². The van der Waals surface area contributed by atoms with Gasteiger partial charge in [-0.05, 0) is 25.1 Å². The van der Waals surface area contributed by atoms with Crippen LogP contribution < -0.4 is 5.32 Å². The van der Waals surface area contributed by atoms with E-state index in [0.29, 0.717) is 12.1 Å². The van der Waals surface area contributed by atoms with Crippen LogP contribution in [-0.4, -0.2) is 49.4 Å². The first kappa shape index (κ1) is 17.2. The highest BCUT2D eigenvalue weighted by atomic mass is 79.9. The number of hydrogen-bond acceptors (Lipinski definition) is 4. The number of carbonyl (C=O) groups excluding carboxylic acids is 3. The van der Waals surface area contributed by atoms with Gasteiger partial charge in [-0.2, -0.15) is 0 Å². The molecule has 0 unspecified atom stereocenters. The topological polar surface area (TPSA) is 75.7 Å². The van der Waals surface area contributed by atoms with Crippen LogP contribution in [0.25, 0.3) is 0 Å². The number of esters is 1. The Morgan fingerprint density at radius 1 is 1.33 bits per heavy atom. The molecule has 0 heterocycles. The minimum atomic E-state index is -0.497. The van der Waals surface area contributed by atoms with Gasteiger partial charge in [-0.15, -0.1) is 0 Å². The van der Waals surface area contributed by atoms with Crippen LogP contribution in [0.5, 0.6) is 0 Å². The van der Waals surface area contributed by atoms with Gasteiger partial charge in [0.15, 0.2) is 0 Å². The molecule has 0 spiro atoms. The van der Waals surface area contributed by atoms with E-state index >= 15 is 0 Å². The lowest BCUT2D eigenvalue weighted by molar-refractivity contribution is -0.146. The van der Waals surface area contributed by atoms with Crippen LogP contribution >= 0.6 is 15.9 Å². The molecule has 114 valence electrons. The van der Waals surface area contributed by atoms with Crippen LogP contribution in [0.3, 0.4) is 0 Å². The molecule has 0 aliphatic rings. The molecule has 0 saturated heterocycles. The molecule has 0 atom stereocenters. The van der Waals surface area contributed by atoms with Crippen LogP contribution in [0, 0.1) is 0 Å². The second kappa shape index (κ2) is 8.41. The van der Waals surface area contributed by atoms with Crippen LogP contribution in [0.15, 0.2) is 28.7 Å². The fraction of sp³-hybridized carbons (Fsp3) is 0.357. The first-order valence-electron chi connectivity index (χ1n) is 6.36. The third-order valence-corrected chi connectivity index (χ3v) is 3.26. The lowest BCUT2D eigenvalue weighted by Gasteiger charge is -2.19. The maximum atomic E-state index is 11.9. The van der Waals surface area contributed by atoms with Gasteiger partial charge in [0, 0.05) is 16.6 Å². The van der Waals surface area contributed by atoms with Crippen molar-refractivity contribution in [2.75, 3.05) is 26.7 Å². The number of halogens is 1. The molecule has 1 N–H and O–H groups in total. The Balaban J connectivity index is 2.55. The van der Waals surface area contributed by atoms with Crippen molar-refractivity contribution in [2.45, 2.75) is 6.92 Å². The standard InChI is InChI=1S/C14H17BrN2O4/c1-3-17(9-13(19)21-2)12(18)8-16-14(20)10-5-4-6-11(15)7-10/h4-7H,3,8-9H2,1-2H3,(H,16,20). The van der Waals surface area contributed by atoms with Gasteiger partial charge in [0.1, 0.15) is 6.54 Å². The van der Waals surface area contributed by atoms with Gasteiger partial charge in [-0.3, -0.25) is 14.4 Å². The van der Waals surface area contributed by atoms with Gasteiger partial charge in [0.2, 0.25) is 5.91 Å². The summed E-state index contributed by atoms with van der Waals surface area (Å²) in [5, 5.41) is 2.53. The fourth-order valence-electron chi connectivity index (χ4n) is 1.60. The maximum Gasteiger partial charge on any atom is 0.325 e. The molecule has 0 saturated carbocycles. The molecule has 1 aromatic carbocycles. The van der Waals surface area contributed by atoms with Gasteiger partial charge in [0.25, 0.3) is 5.91 Å². The minimum Gasteiger partial charge on any atom is -0.468 e. The van der Waals surface area contributed by atoms with Crippen molar-refractivity contribution in [1.82, 2.24) is 10.2 Å². The molecule has 0 radical (unpaired) electrons. The number of nitrogens with one attached hydrogen (secondary N) is 1. The normalized spacial score (nSPS) is 9.86. The Hall–Kier alpha value is -1.89. The molecule has 6 nitrogen and oxygen atoms in total. The molecule has 7 heteroatoms. The predicted octanol–water partition coefficient (Wildman–Crippen LogP) is 1.20. The Labute approximate surface area is 131 Å². The van der Waals surface area contributed by atoms with E-state index in [0.717, 1.165) is 4.47 Å². The number of carbonyl (C=O) groups is 3. The summed E-state index contributed by atoms with van der Waals surface area (Å²) in [6.07, 6.45) is 0. The van der Waals surface area contributed by atoms with E-state index in [2.05, 4.69) is 26.0 Å². The zero-order valence-electron chi connectivity index (χ0n) is 11.9. The van der Waals surface area contributed by atoms with Gasteiger partial charge < -0.3 is 15.0 Å². The van der Waals surface area contributed by atoms with E-state index in [1.807, 2.05) is 0 Å². The summed E-state index contributed by atoms with van der Waals surface area (Å²) < 4.78 is 5.30. The first-order valence-corrected chi connectivity index (χ1v) is 7.15. The molecule has 1 aromatic rings. The largest absolute Gasteiger partial charge is 0.468 e. The number of ether oxygens (including phenoxy) is 1. The van der Waals surface area contributed by atoms with E-state index in [4.69, 9.17) is 0 Å². The summed E-state index contributed by atoms with van der Waals surface area (Å²) in [7, 11) is 1.26. The molecular weight excluding hydrogens is 340 g/mol. The van der Waals surface area contributed by atoms with Gasteiger partial charge in [-0.25, -0.2) is 0 Å². The zero-order valence-corrected chi connectivity index (χ0v) is 13.5. The van der Waals surface area contributed by atoms with Crippen molar-refractivity contribution in [3.05, 3.63) is 34.3 Å². The van der Waals surface area contributed by atoms with Gasteiger partial charge >= 0.3 is 5.97 Å². The summed E-state index contributed by atoms with van der Waals surface area (Å²) in [6, 6.07) is 6.84. The Kier molecular flexibility index (Phi) is 6.87. The van der Waals surface area contributed by atoms with Crippen molar-refractivity contribution >= 4 is 33.7 Å². The Morgan fingerprint density at radius 3 is 2.62 bits per heavy atom. The minimum absolute atomic E-state index is 0.126. The van der Waals surface area contributed by atoms with E-state index in [9.17, 15) is 14.4 Å². The predicted molar refractivity (Wildman–Crippen MR) is 80.7 cm³/mol. The highest BCUT2D eigenvalue weighted by molar-refractivity contribution is 9.10. The van der Waals surface area contributed by atoms with Crippen molar-refractivity contribution in [1.29, 1.82) is 0 Å². The lowest BCUT2D eigenvalue weighted by atomic mass is 10.2. The second-order valence-corrected chi connectivity index (χ2v) is 5.09. The first-order chi connectivity index (χ1) is 9.97. The fourth-order valence-corrected chi connectivity index (χ4v) is 2.00. The number of rotatable bonds is 6. The molecule has 0 aromatic heterocycles.